The highest BCUT2D eigenvalue weighted by Gasteiger charge is 2.09. The first kappa shape index (κ1) is 12.4. The molecular weight excluding hydrogens is 208 g/mol. The summed E-state index contributed by atoms with van der Waals surface area (Å²) >= 11 is 6.04. The fraction of sp³-hybridized carbons (Fsp3) is 0.538. The van der Waals surface area contributed by atoms with E-state index in [9.17, 15) is 0 Å². The first-order chi connectivity index (χ1) is 7.27. The van der Waals surface area contributed by atoms with Crippen LogP contribution in [0.5, 0.6) is 5.75 Å². The highest BCUT2D eigenvalue weighted by atomic mass is 35.5. The van der Waals surface area contributed by atoms with E-state index in [4.69, 9.17) is 16.3 Å². The maximum Gasteiger partial charge on any atom is 0.138 e. The molecule has 15 heavy (non-hydrogen) atoms. The molecule has 0 amide bonds. The summed E-state index contributed by atoms with van der Waals surface area (Å²) in [7, 11) is 0. The number of hydrogen-bond acceptors (Lipinski definition) is 1. The second-order valence-electron chi connectivity index (χ2n) is 3.75. The molecule has 84 valence electrons. The topological polar surface area (TPSA) is 9.23 Å². The Kier molecular flexibility index (Phi) is 5.56. The molecule has 1 aromatic carbocycles. The van der Waals surface area contributed by atoms with E-state index in [0.29, 0.717) is 11.1 Å². The van der Waals surface area contributed by atoms with Crippen LogP contribution < -0.4 is 4.74 Å². The average Bonchev–Trinajstić information content (AvgIpc) is 2.22. The Morgan fingerprint density at radius 1 is 1.13 bits per heavy atom. The van der Waals surface area contributed by atoms with Crippen molar-refractivity contribution in [2.24, 2.45) is 0 Å². The first-order valence-corrected chi connectivity index (χ1v) is 6.06. The van der Waals surface area contributed by atoms with Crippen molar-refractivity contribution in [1.29, 1.82) is 0 Å². The van der Waals surface area contributed by atoms with Gasteiger partial charge in [-0.1, -0.05) is 50.4 Å². The molecule has 0 aliphatic carbocycles. The van der Waals surface area contributed by atoms with Gasteiger partial charge in [0.05, 0.1) is 11.1 Å². The normalized spacial score (nSPS) is 10.7. The molecule has 2 heteroatoms. The van der Waals surface area contributed by atoms with E-state index in [2.05, 4.69) is 13.8 Å². The summed E-state index contributed by atoms with van der Waals surface area (Å²) in [6.07, 6.45) is 4.79. The van der Waals surface area contributed by atoms with Gasteiger partial charge >= 0.3 is 0 Å². The fourth-order valence-electron chi connectivity index (χ4n) is 1.63. The van der Waals surface area contributed by atoms with Crippen LogP contribution >= 0.6 is 11.6 Å². The van der Waals surface area contributed by atoms with Crippen molar-refractivity contribution in [2.75, 3.05) is 0 Å². The van der Waals surface area contributed by atoms with Gasteiger partial charge in [0.2, 0.25) is 0 Å². The van der Waals surface area contributed by atoms with Crippen molar-refractivity contribution in [3.8, 4) is 5.75 Å². The zero-order valence-electron chi connectivity index (χ0n) is 9.50. The molecule has 0 unspecified atom stereocenters. The lowest BCUT2D eigenvalue weighted by Gasteiger charge is -2.18. The van der Waals surface area contributed by atoms with Crippen LogP contribution in [0, 0.1) is 0 Å². The number of ether oxygens (including phenoxy) is 1. The van der Waals surface area contributed by atoms with Gasteiger partial charge in [0, 0.05) is 0 Å². The van der Waals surface area contributed by atoms with Crippen LogP contribution in [0.4, 0.5) is 0 Å². The Labute approximate surface area is 97.4 Å². The minimum absolute atomic E-state index is 0.305. The van der Waals surface area contributed by atoms with Crippen molar-refractivity contribution in [3.63, 3.8) is 0 Å². The van der Waals surface area contributed by atoms with Crippen molar-refractivity contribution < 1.29 is 4.74 Å². The monoisotopic (exact) mass is 226 g/mol. The number of rotatable bonds is 6. The molecule has 1 rings (SSSR count). The summed E-state index contributed by atoms with van der Waals surface area (Å²) in [6.45, 7) is 4.36. The van der Waals surface area contributed by atoms with E-state index < -0.39 is 0 Å². The standard InChI is InChI=1S/C13H19ClO/c1-3-7-11(8-4-2)15-13-10-6-5-9-12(13)14/h5-6,9-11H,3-4,7-8H2,1-2H3. The SMILES string of the molecule is CCCC(CCC)Oc1ccccc1Cl. The summed E-state index contributed by atoms with van der Waals surface area (Å²) < 4.78 is 5.89. The van der Waals surface area contributed by atoms with Crippen molar-refractivity contribution in [3.05, 3.63) is 29.3 Å². The van der Waals surface area contributed by atoms with E-state index in [0.717, 1.165) is 31.4 Å². The van der Waals surface area contributed by atoms with Crippen molar-refractivity contribution in [1.82, 2.24) is 0 Å². The van der Waals surface area contributed by atoms with E-state index in [1.165, 1.54) is 0 Å². The maximum absolute atomic E-state index is 6.04. The lowest BCUT2D eigenvalue weighted by molar-refractivity contribution is 0.179. The van der Waals surface area contributed by atoms with E-state index in [1.807, 2.05) is 24.3 Å². The predicted molar refractivity (Wildman–Crippen MR) is 65.7 cm³/mol. The summed E-state index contributed by atoms with van der Waals surface area (Å²) in [5.74, 6) is 0.811. The number of halogens is 1. The summed E-state index contributed by atoms with van der Waals surface area (Å²) in [5, 5.41) is 0.703. The molecular formula is C13H19ClO. The van der Waals surface area contributed by atoms with E-state index >= 15 is 0 Å². The zero-order valence-corrected chi connectivity index (χ0v) is 10.3. The molecule has 0 spiro atoms. The smallest absolute Gasteiger partial charge is 0.138 e. The third-order valence-electron chi connectivity index (χ3n) is 2.35. The molecule has 0 aliphatic rings. The summed E-state index contributed by atoms with van der Waals surface area (Å²) in [5.41, 5.74) is 0. The molecule has 0 radical (unpaired) electrons. The maximum atomic E-state index is 6.04. The van der Waals surface area contributed by atoms with Gasteiger partial charge in [-0.15, -0.1) is 0 Å². The van der Waals surface area contributed by atoms with Gasteiger partial charge in [0.1, 0.15) is 5.75 Å². The Hall–Kier alpha value is -0.690. The number of benzene rings is 1. The Morgan fingerprint density at radius 2 is 1.73 bits per heavy atom. The fourth-order valence-corrected chi connectivity index (χ4v) is 1.81. The zero-order chi connectivity index (χ0) is 11.1. The molecule has 0 saturated heterocycles. The Balaban J connectivity index is 2.60. The van der Waals surface area contributed by atoms with Crippen LogP contribution in [0.1, 0.15) is 39.5 Å². The lowest BCUT2D eigenvalue weighted by Crippen LogP contribution is -2.15. The predicted octanol–water partition coefficient (Wildman–Crippen LogP) is 4.69. The van der Waals surface area contributed by atoms with Crippen molar-refractivity contribution in [2.45, 2.75) is 45.6 Å². The summed E-state index contributed by atoms with van der Waals surface area (Å²) in [4.78, 5) is 0. The second-order valence-corrected chi connectivity index (χ2v) is 4.15. The molecule has 0 fully saturated rings. The third kappa shape index (κ3) is 4.13. The molecule has 0 N–H and O–H groups in total. The van der Waals surface area contributed by atoms with Crippen LogP contribution in [-0.2, 0) is 0 Å². The van der Waals surface area contributed by atoms with Crippen LogP contribution in [-0.4, -0.2) is 6.10 Å². The molecule has 1 aromatic rings. The van der Waals surface area contributed by atoms with Gasteiger partial charge in [0.25, 0.3) is 0 Å². The molecule has 0 saturated carbocycles. The Bertz CT molecular complexity index is 280. The molecule has 0 bridgehead atoms. The quantitative estimate of drug-likeness (QED) is 0.684. The highest BCUT2D eigenvalue weighted by Crippen LogP contribution is 2.26. The number of hydrogen-bond donors (Lipinski definition) is 0. The summed E-state index contributed by atoms with van der Waals surface area (Å²) in [6, 6.07) is 7.67. The minimum Gasteiger partial charge on any atom is -0.489 e. The van der Waals surface area contributed by atoms with E-state index in [1.54, 1.807) is 0 Å². The molecule has 1 nitrogen and oxygen atoms in total. The van der Waals surface area contributed by atoms with Crippen LogP contribution in [0.15, 0.2) is 24.3 Å². The largest absolute Gasteiger partial charge is 0.489 e. The second kappa shape index (κ2) is 6.73. The van der Waals surface area contributed by atoms with Crippen LogP contribution in [0.2, 0.25) is 5.02 Å². The molecule has 0 heterocycles. The van der Waals surface area contributed by atoms with Gasteiger partial charge < -0.3 is 4.74 Å². The highest BCUT2D eigenvalue weighted by molar-refractivity contribution is 6.32. The molecule has 0 atom stereocenters. The Morgan fingerprint density at radius 3 is 2.27 bits per heavy atom. The minimum atomic E-state index is 0.305. The van der Waals surface area contributed by atoms with E-state index in [-0.39, 0.29) is 0 Å². The van der Waals surface area contributed by atoms with Crippen molar-refractivity contribution >= 4 is 11.6 Å². The number of para-hydroxylation sites is 1. The van der Waals surface area contributed by atoms with Crippen LogP contribution in [0.25, 0.3) is 0 Å². The average molecular weight is 227 g/mol. The van der Waals surface area contributed by atoms with Gasteiger partial charge in [-0.25, -0.2) is 0 Å². The van der Waals surface area contributed by atoms with Gasteiger partial charge in [-0.3, -0.25) is 0 Å². The van der Waals surface area contributed by atoms with Gasteiger partial charge in [0.15, 0.2) is 0 Å². The molecule has 0 aromatic heterocycles. The lowest BCUT2D eigenvalue weighted by atomic mass is 10.1. The third-order valence-corrected chi connectivity index (χ3v) is 2.66. The van der Waals surface area contributed by atoms with Crippen LogP contribution in [0.3, 0.4) is 0 Å². The first-order valence-electron chi connectivity index (χ1n) is 5.69. The van der Waals surface area contributed by atoms with Gasteiger partial charge in [-0.2, -0.15) is 0 Å². The van der Waals surface area contributed by atoms with Gasteiger partial charge in [-0.05, 0) is 25.0 Å². The molecule has 0 aliphatic heterocycles.